The largest absolute Gasteiger partial charge is 0.310 e. The van der Waals surface area contributed by atoms with Crippen LogP contribution in [0.5, 0.6) is 0 Å². The Labute approximate surface area is 108 Å². The van der Waals surface area contributed by atoms with E-state index in [1.54, 1.807) is 0 Å². The van der Waals surface area contributed by atoms with Crippen LogP contribution >= 0.6 is 0 Å². The van der Waals surface area contributed by atoms with Gasteiger partial charge in [0.2, 0.25) is 5.91 Å². The second-order valence-electron chi connectivity index (χ2n) is 6.36. The number of rotatable bonds is 4. The lowest BCUT2D eigenvalue weighted by Crippen LogP contribution is -2.19. The minimum atomic E-state index is 0.195. The summed E-state index contributed by atoms with van der Waals surface area (Å²) in [5, 5.41) is 7.43. The summed E-state index contributed by atoms with van der Waals surface area (Å²) in [6.45, 7) is 7.16. The Morgan fingerprint density at radius 3 is 2.89 bits per heavy atom. The standard InChI is InChI=1S/C14H21N3O/c1-9(2)8-17-12(10(3)7-15-17)16-13(18)11-6-14(11)4-5-14/h7,9,11H,4-6,8H2,1-3H3,(H,16,18). The van der Waals surface area contributed by atoms with Crippen molar-refractivity contribution in [2.24, 2.45) is 17.3 Å². The van der Waals surface area contributed by atoms with Gasteiger partial charge >= 0.3 is 0 Å². The number of aryl methyl sites for hydroxylation is 1. The van der Waals surface area contributed by atoms with Gasteiger partial charge in [0, 0.05) is 18.0 Å². The zero-order chi connectivity index (χ0) is 12.9. The molecule has 0 radical (unpaired) electrons. The Bertz CT molecular complexity index is 485. The lowest BCUT2D eigenvalue weighted by atomic mass is 10.2. The van der Waals surface area contributed by atoms with Crippen LogP contribution in [-0.4, -0.2) is 15.7 Å². The van der Waals surface area contributed by atoms with Crippen molar-refractivity contribution < 1.29 is 4.79 Å². The van der Waals surface area contributed by atoms with Crippen molar-refractivity contribution in [1.29, 1.82) is 0 Å². The Balaban J connectivity index is 1.71. The first-order valence-corrected chi connectivity index (χ1v) is 6.85. The molecule has 2 aliphatic carbocycles. The fourth-order valence-electron chi connectivity index (χ4n) is 2.76. The number of nitrogens with one attached hydrogen (secondary N) is 1. The monoisotopic (exact) mass is 247 g/mol. The number of carbonyl (C=O) groups is 1. The van der Waals surface area contributed by atoms with Crippen molar-refractivity contribution in [3.63, 3.8) is 0 Å². The Morgan fingerprint density at radius 1 is 1.61 bits per heavy atom. The molecule has 4 nitrogen and oxygen atoms in total. The molecule has 1 unspecified atom stereocenters. The first kappa shape index (κ1) is 11.8. The summed E-state index contributed by atoms with van der Waals surface area (Å²) < 4.78 is 1.92. The molecule has 1 aromatic rings. The van der Waals surface area contributed by atoms with E-state index < -0.39 is 0 Å². The normalized spacial score (nSPS) is 23.4. The van der Waals surface area contributed by atoms with Gasteiger partial charge in [0.1, 0.15) is 5.82 Å². The number of hydrogen-bond acceptors (Lipinski definition) is 2. The van der Waals surface area contributed by atoms with Gasteiger partial charge in [-0.1, -0.05) is 13.8 Å². The molecule has 1 N–H and O–H groups in total. The summed E-state index contributed by atoms with van der Waals surface area (Å²) in [5.74, 6) is 1.87. The molecule has 18 heavy (non-hydrogen) atoms. The number of nitrogens with zero attached hydrogens (tertiary/aromatic N) is 2. The molecule has 1 atom stereocenters. The van der Waals surface area contributed by atoms with Crippen LogP contribution in [0, 0.1) is 24.2 Å². The summed E-state index contributed by atoms with van der Waals surface area (Å²) >= 11 is 0. The van der Waals surface area contributed by atoms with Gasteiger partial charge in [-0.15, -0.1) is 0 Å². The maximum absolute atomic E-state index is 12.2. The van der Waals surface area contributed by atoms with E-state index in [0.717, 1.165) is 24.3 Å². The fourth-order valence-corrected chi connectivity index (χ4v) is 2.76. The van der Waals surface area contributed by atoms with Gasteiger partial charge in [-0.2, -0.15) is 5.10 Å². The highest BCUT2D eigenvalue weighted by Gasteiger charge is 2.65. The van der Waals surface area contributed by atoms with Crippen LogP contribution in [0.25, 0.3) is 0 Å². The molecule has 1 amide bonds. The van der Waals surface area contributed by atoms with E-state index in [2.05, 4.69) is 24.3 Å². The van der Waals surface area contributed by atoms with E-state index in [9.17, 15) is 4.79 Å². The van der Waals surface area contributed by atoms with Gasteiger partial charge in [0.05, 0.1) is 6.20 Å². The predicted octanol–water partition coefficient (Wildman–Crippen LogP) is 2.59. The van der Waals surface area contributed by atoms with Gasteiger partial charge in [0.15, 0.2) is 0 Å². The van der Waals surface area contributed by atoms with E-state index in [0.29, 0.717) is 11.3 Å². The summed E-state index contributed by atoms with van der Waals surface area (Å²) in [4.78, 5) is 12.2. The number of amides is 1. The van der Waals surface area contributed by atoms with Gasteiger partial charge in [0.25, 0.3) is 0 Å². The topological polar surface area (TPSA) is 46.9 Å². The highest BCUT2D eigenvalue weighted by atomic mass is 16.2. The van der Waals surface area contributed by atoms with Crippen LogP contribution < -0.4 is 5.32 Å². The second kappa shape index (κ2) is 3.84. The Kier molecular flexibility index (Phi) is 2.50. The maximum Gasteiger partial charge on any atom is 0.229 e. The zero-order valence-corrected chi connectivity index (χ0v) is 11.4. The van der Waals surface area contributed by atoms with Crippen molar-refractivity contribution >= 4 is 11.7 Å². The third-order valence-corrected chi connectivity index (χ3v) is 4.20. The molecule has 4 heteroatoms. The average Bonchev–Trinajstić information content (AvgIpc) is 3.20. The van der Waals surface area contributed by atoms with E-state index in [1.165, 1.54) is 12.8 Å². The van der Waals surface area contributed by atoms with Crippen molar-refractivity contribution in [2.75, 3.05) is 5.32 Å². The van der Waals surface area contributed by atoms with Gasteiger partial charge < -0.3 is 5.32 Å². The highest BCUT2D eigenvalue weighted by Crippen LogP contribution is 2.70. The Morgan fingerprint density at radius 2 is 2.33 bits per heavy atom. The second-order valence-corrected chi connectivity index (χ2v) is 6.36. The molecule has 1 heterocycles. The van der Waals surface area contributed by atoms with E-state index in [1.807, 2.05) is 17.8 Å². The molecule has 0 bridgehead atoms. The first-order chi connectivity index (χ1) is 8.52. The van der Waals surface area contributed by atoms with Crippen molar-refractivity contribution in [2.45, 2.75) is 46.6 Å². The molecule has 2 fully saturated rings. The van der Waals surface area contributed by atoms with E-state index in [-0.39, 0.29) is 11.8 Å². The SMILES string of the molecule is Cc1cnn(CC(C)C)c1NC(=O)C1CC12CC2. The third kappa shape index (κ3) is 1.93. The lowest BCUT2D eigenvalue weighted by molar-refractivity contribution is -0.117. The number of hydrogen-bond donors (Lipinski definition) is 1. The Hall–Kier alpha value is -1.32. The van der Waals surface area contributed by atoms with Gasteiger partial charge in [-0.05, 0) is 37.5 Å². The number of aromatic nitrogens is 2. The molecule has 3 rings (SSSR count). The molecule has 0 aliphatic heterocycles. The highest BCUT2D eigenvalue weighted by molar-refractivity contribution is 5.95. The lowest BCUT2D eigenvalue weighted by Gasteiger charge is -2.11. The minimum absolute atomic E-state index is 0.195. The summed E-state index contributed by atoms with van der Waals surface area (Å²) in [7, 11) is 0. The molecular weight excluding hydrogens is 226 g/mol. The number of carbonyl (C=O) groups excluding carboxylic acids is 1. The maximum atomic E-state index is 12.2. The van der Waals surface area contributed by atoms with Crippen LogP contribution in [0.2, 0.25) is 0 Å². The van der Waals surface area contributed by atoms with E-state index >= 15 is 0 Å². The summed E-state index contributed by atoms with van der Waals surface area (Å²) in [5.41, 5.74) is 1.47. The zero-order valence-electron chi connectivity index (χ0n) is 11.4. The van der Waals surface area contributed by atoms with Gasteiger partial charge in [-0.25, -0.2) is 4.68 Å². The van der Waals surface area contributed by atoms with Crippen molar-refractivity contribution in [1.82, 2.24) is 9.78 Å². The molecule has 1 aromatic heterocycles. The summed E-state index contributed by atoms with van der Waals surface area (Å²) in [6, 6.07) is 0. The van der Waals surface area contributed by atoms with Crippen molar-refractivity contribution in [3.8, 4) is 0 Å². The molecule has 0 saturated heterocycles. The molecular formula is C14H21N3O. The summed E-state index contributed by atoms with van der Waals surface area (Å²) in [6.07, 6.45) is 5.42. The minimum Gasteiger partial charge on any atom is -0.310 e. The third-order valence-electron chi connectivity index (χ3n) is 4.20. The molecule has 2 aliphatic rings. The predicted molar refractivity (Wildman–Crippen MR) is 70.2 cm³/mol. The smallest absolute Gasteiger partial charge is 0.229 e. The van der Waals surface area contributed by atoms with Gasteiger partial charge in [-0.3, -0.25) is 4.79 Å². The van der Waals surface area contributed by atoms with Crippen LogP contribution in [0.4, 0.5) is 5.82 Å². The first-order valence-electron chi connectivity index (χ1n) is 6.85. The van der Waals surface area contributed by atoms with Crippen LogP contribution in [0.1, 0.15) is 38.7 Å². The van der Waals surface area contributed by atoms with E-state index in [4.69, 9.17) is 0 Å². The van der Waals surface area contributed by atoms with Crippen LogP contribution in [-0.2, 0) is 11.3 Å². The van der Waals surface area contributed by atoms with Crippen LogP contribution in [0.15, 0.2) is 6.20 Å². The average molecular weight is 247 g/mol. The number of anilines is 1. The van der Waals surface area contributed by atoms with Crippen molar-refractivity contribution in [3.05, 3.63) is 11.8 Å². The fraction of sp³-hybridized carbons (Fsp3) is 0.714. The molecule has 2 saturated carbocycles. The molecule has 0 aromatic carbocycles. The quantitative estimate of drug-likeness (QED) is 0.889. The molecule has 1 spiro atoms. The van der Waals surface area contributed by atoms with Crippen LogP contribution in [0.3, 0.4) is 0 Å². The molecule has 98 valence electrons.